The van der Waals surface area contributed by atoms with E-state index in [0.29, 0.717) is 12.3 Å². The molecule has 1 aromatic rings. The fourth-order valence-electron chi connectivity index (χ4n) is 2.14. The Morgan fingerprint density at radius 2 is 2.11 bits per heavy atom. The summed E-state index contributed by atoms with van der Waals surface area (Å²) in [5.74, 6) is 1.07. The van der Waals surface area contributed by atoms with Gasteiger partial charge >= 0.3 is 0 Å². The summed E-state index contributed by atoms with van der Waals surface area (Å²) in [7, 11) is 1.63. The highest BCUT2D eigenvalue weighted by molar-refractivity contribution is 5.39. The molecular formula is C14H21NO3. The summed E-state index contributed by atoms with van der Waals surface area (Å²) in [4.78, 5) is 0. The van der Waals surface area contributed by atoms with Crippen LogP contribution in [0.2, 0.25) is 0 Å². The molecule has 0 spiro atoms. The zero-order valence-corrected chi connectivity index (χ0v) is 11.0. The summed E-state index contributed by atoms with van der Waals surface area (Å²) < 4.78 is 10.5. The summed E-state index contributed by atoms with van der Waals surface area (Å²) in [6, 6.07) is 5.29. The van der Waals surface area contributed by atoms with E-state index >= 15 is 0 Å². The van der Waals surface area contributed by atoms with Gasteiger partial charge in [0, 0.05) is 30.9 Å². The van der Waals surface area contributed by atoms with Crippen molar-refractivity contribution in [3.05, 3.63) is 23.8 Å². The molecule has 1 aromatic carbocycles. The Labute approximate surface area is 108 Å². The van der Waals surface area contributed by atoms with E-state index in [2.05, 4.69) is 12.2 Å². The van der Waals surface area contributed by atoms with E-state index in [1.54, 1.807) is 19.2 Å². The van der Waals surface area contributed by atoms with Gasteiger partial charge in [0.25, 0.3) is 0 Å². The number of rotatable bonds is 4. The second-order valence-electron chi connectivity index (χ2n) is 5.02. The Balaban J connectivity index is 2.00. The first-order valence-electron chi connectivity index (χ1n) is 6.32. The average molecular weight is 251 g/mol. The first-order valence-corrected chi connectivity index (χ1v) is 6.32. The predicted molar refractivity (Wildman–Crippen MR) is 70.0 cm³/mol. The normalized spacial score (nSPS) is 18.6. The Morgan fingerprint density at radius 1 is 1.39 bits per heavy atom. The maximum atomic E-state index is 9.82. The van der Waals surface area contributed by atoms with Gasteiger partial charge in [-0.2, -0.15) is 0 Å². The number of benzene rings is 1. The molecule has 1 aliphatic heterocycles. The van der Waals surface area contributed by atoms with E-state index < -0.39 is 0 Å². The number of ether oxygens (including phenoxy) is 2. The molecule has 2 rings (SSSR count). The quantitative estimate of drug-likeness (QED) is 0.860. The van der Waals surface area contributed by atoms with Crippen LogP contribution in [0.3, 0.4) is 0 Å². The Hall–Kier alpha value is -1.26. The van der Waals surface area contributed by atoms with Crippen molar-refractivity contribution in [1.29, 1.82) is 0 Å². The van der Waals surface area contributed by atoms with Crippen LogP contribution in [0, 0.1) is 0 Å². The van der Waals surface area contributed by atoms with Crippen molar-refractivity contribution in [3.63, 3.8) is 0 Å². The van der Waals surface area contributed by atoms with Crippen LogP contribution < -0.4 is 10.1 Å². The van der Waals surface area contributed by atoms with Gasteiger partial charge < -0.3 is 19.9 Å². The molecule has 18 heavy (non-hydrogen) atoms. The summed E-state index contributed by atoms with van der Waals surface area (Å²) in [6.45, 7) is 4.44. The molecule has 0 saturated carbocycles. The summed E-state index contributed by atoms with van der Waals surface area (Å²) in [5.41, 5.74) is 0.954. The molecule has 0 radical (unpaired) electrons. The van der Waals surface area contributed by atoms with Crippen molar-refractivity contribution in [2.75, 3.05) is 20.3 Å². The molecule has 0 aliphatic carbocycles. The predicted octanol–water partition coefficient (Wildman–Crippen LogP) is 2.06. The topological polar surface area (TPSA) is 50.7 Å². The van der Waals surface area contributed by atoms with Gasteiger partial charge in [-0.3, -0.25) is 0 Å². The molecule has 1 fully saturated rings. The number of aromatic hydroxyl groups is 1. The van der Waals surface area contributed by atoms with E-state index in [1.807, 2.05) is 6.07 Å². The Bertz CT molecular complexity index is 400. The number of phenolic OH excluding ortho intramolecular Hbond substituents is 1. The first-order chi connectivity index (χ1) is 8.63. The third-order valence-electron chi connectivity index (χ3n) is 3.59. The lowest BCUT2D eigenvalue weighted by Crippen LogP contribution is -2.46. The van der Waals surface area contributed by atoms with Crippen molar-refractivity contribution in [2.45, 2.75) is 31.8 Å². The van der Waals surface area contributed by atoms with E-state index in [-0.39, 0.29) is 5.54 Å². The van der Waals surface area contributed by atoms with Crippen molar-refractivity contribution in [2.24, 2.45) is 0 Å². The van der Waals surface area contributed by atoms with Crippen molar-refractivity contribution < 1.29 is 14.6 Å². The van der Waals surface area contributed by atoms with Gasteiger partial charge in [0.05, 0.1) is 7.11 Å². The van der Waals surface area contributed by atoms with Crippen LogP contribution in [-0.2, 0) is 11.3 Å². The minimum atomic E-state index is 0.0910. The van der Waals surface area contributed by atoms with Crippen LogP contribution in [-0.4, -0.2) is 31.0 Å². The maximum absolute atomic E-state index is 9.82. The molecular weight excluding hydrogens is 230 g/mol. The van der Waals surface area contributed by atoms with Crippen molar-refractivity contribution >= 4 is 0 Å². The number of hydrogen-bond acceptors (Lipinski definition) is 4. The zero-order chi connectivity index (χ0) is 13.0. The minimum absolute atomic E-state index is 0.0910. The van der Waals surface area contributed by atoms with Crippen molar-refractivity contribution in [1.82, 2.24) is 5.32 Å². The fourth-order valence-corrected chi connectivity index (χ4v) is 2.14. The largest absolute Gasteiger partial charge is 0.508 e. The lowest BCUT2D eigenvalue weighted by atomic mass is 9.92. The third-order valence-corrected chi connectivity index (χ3v) is 3.59. The Morgan fingerprint density at radius 3 is 2.78 bits per heavy atom. The molecule has 1 aliphatic rings. The van der Waals surface area contributed by atoms with E-state index in [4.69, 9.17) is 9.47 Å². The molecule has 2 N–H and O–H groups in total. The molecule has 0 aromatic heterocycles. The summed E-state index contributed by atoms with van der Waals surface area (Å²) in [5, 5.41) is 13.3. The number of hydrogen-bond donors (Lipinski definition) is 2. The second kappa shape index (κ2) is 5.59. The molecule has 100 valence electrons. The summed E-state index contributed by atoms with van der Waals surface area (Å²) in [6.07, 6.45) is 2.00. The van der Waals surface area contributed by atoms with Crippen LogP contribution in [0.1, 0.15) is 25.3 Å². The Kier molecular flexibility index (Phi) is 4.09. The first kappa shape index (κ1) is 13.2. The van der Waals surface area contributed by atoms with Crippen LogP contribution in [0.15, 0.2) is 18.2 Å². The van der Waals surface area contributed by atoms with E-state index in [1.165, 1.54) is 0 Å². The van der Waals surface area contributed by atoms with Crippen LogP contribution in [0.5, 0.6) is 11.5 Å². The fraction of sp³-hybridized carbons (Fsp3) is 0.571. The molecule has 0 atom stereocenters. The van der Waals surface area contributed by atoms with Gasteiger partial charge in [-0.15, -0.1) is 0 Å². The molecule has 0 bridgehead atoms. The van der Waals surface area contributed by atoms with Crippen molar-refractivity contribution in [3.8, 4) is 11.5 Å². The lowest BCUT2D eigenvalue weighted by Gasteiger charge is -2.34. The van der Waals surface area contributed by atoms with Gasteiger partial charge in [0.15, 0.2) is 0 Å². The van der Waals surface area contributed by atoms with Crippen LogP contribution in [0.25, 0.3) is 0 Å². The highest BCUT2D eigenvalue weighted by Crippen LogP contribution is 2.25. The number of nitrogens with one attached hydrogen (secondary N) is 1. The van der Waals surface area contributed by atoms with Crippen LogP contribution >= 0.6 is 0 Å². The summed E-state index contributed by atoms with van der Waals surface area (Å²) >= 11 is 0. The monoisotopic (exact) mass is 251 g/mol. The smallest absolute Gasteiger partial charge is 0.120 e. The van der Waals surface area contributed by atoms with Gasteiger partial charge in [-0.05, 0) is 38.0 Å². The number of methoxy groups -OCH3 is 1. The molecule has 1 saturated heterocycles. The van der Waals surface area contributed by atoms with Gasteiger partial charge in [-0.1, -0.05) is 0 Å². The minimum Gasteiger partial charge on any atom is -0.508 e. The van der Waals surface area contributed by atoms with E-state index in [0.717, 1.165) is 37.4 Å². The highest BCUT2D eigenvalue weighted by Gasteiger charge is 2.26. The number of phenols is 1. The molecule has 4 nitrogen and oxygen atoms in total. The van der Waals surface area contributed by atoms with Crippen LogP contribution in [0.4, 0.5) is 0 Å². The molecule has 0 unspecified atom stereocenters. The third kappa shape index (κ3) is 3.15. The van der Waals surface area contributed by atoms with Gasteiger partial charge in [-0.25, -0.2) is 0 Å². The van der Waals surface area contributed by atoms with E-state index in [9.17, 15) is 5.11 Å². The molecule has 4 heteroatoms. The molecule has 1 heterocycles. The van der Waals surface area contributed by atoms with Gasteiger partial charge in [0.2, 0.25) is 0 Å². The second-order valence-corrected chi connectivity index (χ2v) is 5.02. The van der Waals surface area contributed by atoms with Gasteiger partial charge in [0.1, 0.15) is 11.5 Å². The SMILES string of the molecule is COc1ccc(O)c(CNC2(C)CCOCC2)c1. The standard InChI is InChI=1S/C14H21NO3/c1-14(5-7-18-8-6-14)15-10-11-9-12(17-2)3-4-13(11)16/h3-4,9,15-16H,5-8,10H2,1-2H3. The molecule has 0 amide bonds. The average Bonchev–Trinajstić information content (AvgIpc) is 2.39. The zero-order valence-electron chi connectivity index (χ0n) is 11.0. The maximum Gasteiger partial charge on any atom is 0.120 e. The highest BCUT2D eigenvalue weighted by atomic mass is 16.5. The lowest BCUT2D eigenvalue weighted by molar-refractivity contribution is 0.0445.